The first-order chi connectivity index (χ1) is 10.2. The van der Waals surface area contributed by atoms with E-state index >= 15 is 0 Å². The van der Waals surface area contributed by atoms with Gasteiger partial charge in [-0.05, 0) is 38.9 Å². The molecule has 0 aliphatic heterocycles. The fraction of sp³-hybridized carbons (Fsp3) is 0.471. The van der Waals surface area contributed by atoms with Crippen molar-refractivity contribution in [2.24, 2.45) is 0 Å². The lowest BCUT2D eigenvalue weighted by molar-refractivity contribution is 0.316. The highest BCUT2D eigenvalue weighted by Gasteiger charge is 2.25. The Hall–Kier alpha value is -1.65. The molecule has 1 aromatic heterocycles. The zero-order valence-corrected chi connectivity index (χ0v) is 12.9. The quantitative estimate of drug-likeness (QED) is 0.848. The fourth-order valence-corrected chi connectivity index (χ4v) is 2.56. The third-order valence-electron chi connectivity index (χ3n) is 4.21. The summed E-state index contributed by atoms with van der Waals surface area (Å²) in [5, 5.41) is 8.04. The van der Waals surface area contributed by atoms with Gasteiger partial charge in [0.15, 0.2) is 0 Å². The van der Waals surface area contributed by atoms with Gasteiger partial charge in [0.1, 0.15) is 0 Å². The maximum Gasteiger partial charge on any atom is 0.0645 e. The second-order valence-electron chi connectivity index (χ2n) is 5.94. The Morgan fingerprint density at radius 2 is 2.10 bits per heavy atom. The maximum atomic E-state index is 4.46. The molecule has 1 atom stereocenters. The van der Waals surface area contributed by atoms with Gasteiger partial charge in [0.05, 0.1) is 11.9 Å². The Morgan fingerprint density at radius 1 is 1.33 bits per heavy atom. The minimum absolute atomic E-state index is 0.329. The molecule has 1 heterocycles. The Morgan fingerprint density at radius 3 is 2.81 bits per heavy atom. The van der Waals surface area contributed by atoms with Crippen molar-refractivity contribution in [3.63, 3.8) is 0 Å². The first kappa shape index (κ1) is 14.3. The van der Waals surface area contributed by atoms with Crippen LogP contribution in [0.25, 0.3) is 5.69 Å². The van der Waals surface area contributed by atoms with Gasteiger partial charge in [-0.1, -0.05) is 18.2 Å². The van der Waals surface area contributed by atoms with Crippen LogP contribution in [0.15, 0.2) is 42.7 Å². The number of benzene rings is 1. The number of aromatic nitrogens is 2. The van der Waals surface area contributed by atoms with Gasteiger partial charge in [-0.15, -0.1) is 0 Å². The van der Waals surface area contributed by atoms with Crippen molar-refractivity contribution < 1.29 is 0 Å². The molecule has 4 nitrogen and oxygen atoms in total. The zero-order valence-electron chi connectivity index (χ0n) is 12.9. The van der Waals surface area contributed by atoms with Gasteiger partial charge >= 0.3 is 0 Å². The van der Waals surface area contributed by atoms with Crippen molar-refractivity contribution in [2.75, 3.05) is 20.1 Å². The van der Waals surface area contributed by atoms with E-state index in [2.05, 4.69) is 47.6 Å². The minimum Gasteiger partial charge on any atom is -0.309 e. The van der Waals surface area contributed by atoms with Crippen LogP contribution in [0.1, 0.15) is 31.4 Å². The van der Waals surface area contributed by atoms with Crippen molar-refractivity contribution in [3.8, 4) is 5.69 Å². The molecule has 0 radical (unpaired) electrons. The van der Waals surface area contributed by atoms with Crippen LogP contribution in [0.2, 0.25) is 0 Å². The fourth-order valence-electron chi connectivity index (χ4n) is 2.56. The molecule has 112 valence electrons. The van der Waals surface area contributed by atoms with Crippen LogP contribution in [-0.4, -0.2) is 40.9 Å². The molecule has 1 aromatic carbocycles. The molecule has 0 saturated heterocycles. The Kier molecular flexibility index (Phi) is 4.36. The molecule has 0 amide bonds. The van der Waals surface area contributed by atoms with E-state index in [1.165, 1.54) is 18.4 Å². The number of nitrogens with one attached hydrogen (secondary N) is 1. The Balaban J connectivity index is 1.53. The topological polar surface area (TPSA) is 33.1 Å². The van der Waals surface area contributed by atoms with Gasteiger partial charge in [-0.2, -0.15) is 5.10 Å². The van der Waals surface area contributed by atoms with Gasteiger partial charge in [-0.25, -0.2) is 4.68 Å². The van der Waals surface area contributed by atoms with Crippen molar-refractivity contribution in [3.05, 3.63) is 48.3 Å². The van der Waals surface area contributed by atoms with Gasteiger partial charge in [0.25, 0.3) is 0 Å². The van der Waals surface area contributed by atoms with Crippen molar-refractivity contribution in [2.45, 2.75) is 31.8 Å². The standard InChI is InChI=1S/C17H24N4/c1-14(18-10-11-20(2)16-8-9-16)15-12-19-21(13-15)17-6-4-3-5-7-17/h3-7,12-14,16,18H,8-11H2,1-2H3. The van der Waals surface area contributed by atoms with Crippen LogP contribution >= 0.6 is 0 Å². The van der Waals surface area contributed by atoms with Crippen LogP contribution in [-0.2, 0) is 0 Å². The molecule has 1 saturated carbocycles. The summed E-state index contributed by atoms with van der Waals surface area (Å²) in [6.07, 6.45) is 6.80. The van der Waals surface area contributed by atoms with Crippen LogP contribution in [0.4, 0.5) is 0 Å². The number of hydrogen-bond donors (Lipinski definition) is 1. The Labute approximate surface area is 126 Å². The summed E-state index contributed by atoms with van der Waals surface area (Å²) in [6.45, 7) is 4.33. The maximum absolute atomic E-state index is 4.46. The van der Waals surface area contributed by atoms with E-state index in [1.807, 2.05) is 29.1 Å². The molecule has 3 rings (SSSR count). The molecule has 0 bridgehead atoms. The molecule has 1 aliphatic carbocycles. The molecule has 1 fully saturated rings. The number of hydrogen-bond acceptors (Lipinski definition) is 3. The van der Waals surface area contributed by atoms with Crippen molar-refractivity contribution in [1.82, 2.24) is 20.0 Å². The van der Waals surface area contributed by atoms with E-state index in [9.17, 15) is 0 Å². The van der Waals surface area contributed by atoms with Gasteiger partial charge in [0, 0.05) is 36.9 Å². The average Bonchev–Trinajstić information content (AvgIpc) is 3.25. The summed E-state index contributed by atoms with van der Waals surface area (Å²) in [6, 6.07) is 11.4. The second kappa shape index (κ2) is 6.41. The molecule has 0 spiro atoms. The van der Waals surface area contributed by atoms with Crippen LogP contribution in [0, 0.1) is 0 Å². The first-order valence-electron chi connectivity index (χ1n) is 7.77. The lowest BCUT2D eigenvalue weighted by atomic mass is 10.2. The molecule has 1 aliphatic rings. The summed E-state index contributed by atoms with van der Waals surface area (Å²) in [4.78, 5) is 2.45. The van der Waals surface area contributed by atoms with Gasteiger partial charge in [0.2, 0.25) is 0 Å². The average molecular weight is 284 g/mol. The predicted octanol–water partition coefficient (Wildman–Crippen LogP) is 2.62. The van der Waals surface area contributed by atoms with E-state index in [0.29, 0.717) is 6.04 Å². The minimum atomic E-state index is 0.329. The van der Waals surface area contributed by atoms with Crippen LogP contribution < -0.4 is 5.32 Å². The SMILES string of the molecule is CC(NCCN(C)C1CC1)c1cnn(-c2ccccc2)c1. The highest BCUT2D eigenvalue weighted by atomic mass is 15.3. The molecule has 1 N–H and O–H groups in total. The summed E-state index contributed by atoms with van der Waals surface area (Å²) in [7, 11) is 2.22. The highest BCUT2D eigenvalue weighted by Crippen LogP contribution is 2.24. The van der Waals surface area contributed by atoms with Crippen LogP contribution in [0.3, 0.4) is 0 Å². The van der Waals surface area contributed by atoms with E-state index < -0.39 is 0 Å². The number of nitrogens with zero attached hydrogens (tertiary/aromatic N) is 3. The third kappa shape index (κ3) is 3.71. The van der Waals surface area contributed by atoms with E-state index in [0.717, 1.165) is 24.8 Å². The van der Waals surface area contributed by atoms with Gasteiger partial charge in [-0.3, -0.25) is 0 Å². The lowest BCUT2D eigenvalue weighted by Gasteiger charge is -2.18. The highest BCUT2D eigenvalue weighted by molar-refractivity contribution is 5.31. The summed E-state index contributed by atoms with van der Waals surface area (Å²) >= 11 is 0. The van der Waals surface area contributed by atoms with Gasteiger partial charge < -0.3 is 10.2 Å². The van der Waals surface area contributed by atoms with E-state index in [1.54, 1.807) is 0 Å². The number of rotatable bonds is 7. The van der Waals surface area contributed by atoms with Crippen molar-refractivity contribution in [1.29, 1.82) is 0 Å². The van der Waals surface area contributed by atoms with Crippen molar-refractivity contribution >= 4 is 0 Å². The summed E-state index contributed by atoms with van der Waals surface area (Å²) in [5.74, 6) is 0. The van der Waals surface area contributed by atoms with E-state index in [4.69, 9.17) is 0 Å². The Bertz CT molecular complexity index is 559. The lowest BCUT2D eigenvalue weighted by Crippen LogP contribution is -2.31. The first-order valence-corrected chi connectivity index (χ1v) is 7.77. The predicted molar refractivity (Wildman–Crippen MR) is 85.6 cm³/mol. The third-order valence-corrected chi connectivity index (χ3v) is 4.21. The number of para-hydroxylation sites is 1. The zero-order chi connectivity index (χ0) is 14.7. The smallest absolute Gasteiger partial charge is 0.0645 e. The number of likely N-dealkylation sites (N-methyl/N-ethyl adjacent to an activating group) is 1. The largest absolute Gasteiger partial charge is 0.309 e. The van der Waals surface area contributed by atoms with E-state index in [-0.39, 0.29) is 0 Å². The van der Waals surface area contributed by atoms with Crippen LogP contribution in [0.5, 0.6) is 0 Å². The molecular formula is C17H24N4. The molecule has 4 heteroatoms. The molecule has 21 heavy (non-hydrogen) atoms. The summed E-state index contributed by atoms with van der Waals surface area (Å²) in [5.41, 5.74) is 2.33. The molecule has 1 unspecified atom stereocenters. The second-order valence-corrected chi connectivity index (χ2v) is 5.94. The molecule has 2 aromatic rings. The monoisotopic (exact) mass is 284 g/mol. The normalized spacial score (nSPS) is 16.3. The summed E-state index contributed by atoms with van der Waals surface area (Å²) < 4.78 is 1.93. The molecular weight excluding hydrogens is 260 g/mol.